The predicted octanol–water partition coefficient (Wildman–Crippen LogP) is 3.73. The minimum absolute atomic E-state index is 0.0101. The number of fused-ring (bicyclic) bond motifs is 1. The number of anilines is 1. The summed E-state index contributed by atoms with van der Waals surface area (Å²) in [6.45, 7) is 1.75. The molecule has 0 radical (unpaired) electrons. The molecule has 1 aromatic carbocycles. The fourth-order valence-electron chi connectivity index (χ4n) is 3.99. The molecule has 9 heteroatoms. The van der Waals surface area contributed by atoms with Gasteiger partial charge in [0, 0.05) is 17.8 Å². The highest BCUT2D eigenvalue weighted by atomic mass is 32.1. The van der Waals surface area contributed by atoms with E-state index in [1.54, 1.807) is 72.6 Å². The molecule has 0 aliphatic carbocycles. The Morgan fingerprint density at radius 3 is 2.62 bits per heavy atom. The topological polar surface area (TPSA) is 97.0 Å². The van der Waals surface area contributed by atoms with Crippen LogP contribution in [0.4, 0.5) is 5.13 Å². The summed E-state index contributed by atoms with van der Waals surface area (Å²) in [6.07, 6.45) is 3.32. The Bertz CT molecular complexity index is 1370. The summed E-state index contributed by atoms with van der Waals surface area (Å²) in [6, 6.07) is 11.6. The van der Waals surface area contributed by atoms with Gasteiger partial charge in [-0.15, -0.1) is 11.3 Å². The number of hydrogen-bond acceptors (Lipinski definition) is 7. The van der Waals surface area contributed by atoms with Gasteiger partial charge in [0.25, 0.3) is 5.78 Å². The number of thiazole rings is 1. The van der Waals surface area contributed by atoms with Crippen molar-refractivity contribution in [2.75, 3.05) is 12.0 Å². The lowest BCUT2D eigenvalue weighted by atomic mass is 9.96. The molecular formula is C23H18N4O4S. The number of ketones is 1. The van der Waals surface area contributed by atoms with E-state index in [9.17, 15) is 14.7 Å². The maximum Gasteiger partial charge on any atom is 0.301 e. The molecule has 1 saturated heterocycles. The van der Waals surface area contributed by atoms with Crippen molar-refractivity contribution in [1.82, 2.24) is 14.4 Å². The van der Waals surface area contributed by atoms with E-state index in [2.05, 4.69) is 9.97 Å². The van der Waals surface area contributed by atoms with Crippen molar-refractivity contribution in [1.29, 1.82) is 0 Å². The smallest absolute Gasteiger partial charge is 0.301 e. The molecule has 3 aromatic heterocycles. The number of nitrogens with zero attached hydrogens (tertiary/aromatic N) is 4. The Balaban J connectivity index is 1.77. The van der Waals surface area contributed by atoms with E-state index >= 15 is 0 Å². The third kappa shape index (κ3) is 2.97. The van der Waals surface area contributed by atoms with E-state index in [1.165, 1.54) is 16.2 Å². The first-order valence-corrected chi connectivity index (χ1v) is 10.7. The van der Waals surface area contributed by atoms with Gasteiger partial charge in [0.1, 0.15) is 17.1 Å². The number of Topliss-reactive ketones (excluding diaryl/α,β-unsaturated/α-hetero) is 1. The number of aliphatic hydroxyl groups is 1. The number of carbonyl (C=O) groups is 2. The van der Waals surface area contributed by atoms with Crippen LogP contribution in [0.5, 0.6) is 5.75 Å². The van der Waals surface area contributed by atoms with Crippen LogP contribution in [-0.4, -0.2) is 38.3 Å². The number of carbonyl (C=O) groups excluding carboxylic acids is 2. The summed E-state index contributed by atoms with van der Waals surface area (Å²) in [4.78, 5) is 36.4. The molecule has 1 aliphatic heterocycles. The van der Waals surface area contributed by atoms with E-state index in [4.69, 9.17) is 4.74 Å². The van der Waals surface area contributed by atoms with Gasteiger partial charge in [-0.3, -0.25) is 18.9 Å². The summed E-state index contributed by atoms with van der Waals surface area (Å²) in [7, 11) is 1.56. The van der Waals surface area contributed by atoms with Crippen molar-refractivity contribution in [3.05, 3.63) is 82.8 Å². The molecule has 1 fully saturated rings. The zero-order chi connectivity index (χ0) is 22.4. The maximum atomic E-state index is 13.2. The lowest BCUT2D eigenvalue weighted by molar-refractivity contribution is -0.132. The predicted molar refractivity (Wildman–Crippen MR) is 120 cm³/mol. The number of pyridine rings is 1. The maximum absolute atomic E-state index is 13.2. The van der Waals surface area contributed by atoms with Crippen LogP contribution in [0.3, 0.4) is 0 Å². The lowest BCUT2D eigenvalue weighted by Crippen LogP contribution is -2.29. The fourth-order valence-corrected chi connectivity index (χ4v) is 4.66. The average Bonchev–Trinajstić information content (AvgIpc) is 3.50. The largest absolute Gasteiger partial charge is 0.505 e. The standard InChI is InChI=1S/C23H18N4O4S/c1-13-18(26-11-4-3-5-16(26)25-13)20(28)17-19(14-6-8-15(31-2)9-7-14)27(22(30)21(17)29)23-24-10-12-32-23/h3-12,19,28H,1-2H3. The molecule has 4 heterocycles. The molecule has 1 aliphatic rings. The number of methoxy groups -OCH3 is 1. The number of ether oxygens (including phenoxy) is 1. The molecule has 160 valence electrons. The van der Waals surface area contributed by atoms with Crippen molar-refractivity contribution in [3.63, 3.8) is 0 Å². The number of aromatic nitrogens is 3. The van der Waals surface area contributed by atoms with Gasteiger partial charge < -0.3 is 9.84 Å². The van der Waals surface area contributed by atoms with Crippen LogP contribution in [0.15, 0.2) is 65.8 Å². The molecule has 4 aromatic rings. The quantitative estimate of drug-likeness (QED) is 0.291. The molecule has 0 saturated carbocycles. The van der Waals surface area contributed by atoms with Gasteiger partial charge >= 0.3 is 5.91 Å². The van der Waals surface area contributed by atoms with E-state index in [-0.39, 0.29) is 11.3 Å². The van der Waals surface area contributed by atoms with E-state index in [0.717, 1.165) is 0 Å². The van der Waals surface area contributed by atoms with Crippen LogP contribution in [-0.2, 0) is 9.59 Å². The normalized spacial score (nSPS) is 17.9. The van der Waals surface area contributed by atoms with Crippen LogP contribution in [0.1, 0.15) is 23.0 Å². The molecule has 0 bridgehead atoms. The minimum atomic E-state index is -0.847. The molecule has 1 atom stereocenters. The Hall–Kier alpha value is -3.98. The van der Waals surface area contributed by atoms with E-state index < -0.39 is 17.7 Å². The van der Waals surface area contributed by atoms with Crippen LogP contribution in [0.25, 0.3) is 11.4 Å². The third-order valence-corrected chi connectivity index (χ3v) is 6.20. The van der Waals surface area contributed by atoms with Crippen molar-refractivity contribution >= 4 is 39.6 Å². The Kier molecular flexibility index (Phi) is 4.75. The molecule has 1 N–H and O–H groups in total. The van der Waals surface area contributed by atoms with Gasteiger partial charge in [-0.1, -0.05) is 18.2 Å². The highest BCUT2D eigenvalue weighted by molar-refractivity contribution is 7.14. The van der Waals surface area contributed by atoms with Gasteiger partial charge in [0.2, 0.25) is 0 Å². The molecule has 1 amide bonds. The molecule has 1 unspecified atom stereocenters. The van der Waals surface area contributed by atoms with Gasteiger partial charge in [-0.25, -0.2) is 9.97 Å². The number of imidazole rings is 1. The number of aryl methyl sites for hydroxylation is 1. The van der Waals surface area contributed by atoms with Crippen molar-refractivity contribution in [2.45, 2.75) is 13.0 Å². The zero-order valence-corrected chi connectivity index (χ0v) is 18.0. The Labute approximate surface area is 187 Å². The number of amides is 1. The number of benzene rings is 1. The number of hydrogen-bond donors (Lipinski definition) is 1. The highest BCUT2D eigenvalue weighted by Gasteiger charge is 2.48. The van der Waals surface area contributed by atoms with E-state index in [1.807, 2.05) is 6.07 Å². The fraction of sp³-hybridized carbons (Fsp3) is 0.130. The summed E-state index contributed by atoms with van der Waals surface area (Å²) in [5.74, 6) is -1.16. The minimum Gasteiger partial charge on any atom is -0.505 e. The molecular weight excluding hydrogens is 428 g/mol. The van der Waals surface area contributed by atoms with Gasteiger partial charge in [-0.05, 0) is 36.8 Å². The molecule has 5 rings (SSSR count). The van der Waals surface area contributed by atoms with Gasteiger partial charge in [0.15, 0.2) is 10.9 Å². The lowest BCUT2D eigenvalue weighted by Gasteiger charge is -2.23. The first-order chi connectivity index (χ1) is 15.5. The summed E-state index contributed by atoms with van der Waals surface area (Å²) in [5.41, 5.74) is 2.18. The van der Waals surface area contributed by atoms with Crippen molar-refractivity contribution < 1.29 is 19.4 Å². The summed E-state index contributed by atoms with van der Waals surface area (Å²) in [5, 5.41) is 13.5. The molecule has 32 heavy (non-hydrogen) atoms. The summed E-state index contributed by atoms with van der Waals surface area (Å²) >= 11 is 1.24. The van der Waals surface area contributed by atoms with E-state index in [0.29, 0.717) is 33.5 Å². The SMILES string of the molecule is COc1ccc(C2C(=C(O)c3c(C)nc4ccccn34)C(=O)C(=O)N2c2nccs2)cc1. The molecule has 8 nitrogen and oxygen atoms in total. The first kappa shape index (κ1) is 20.0. The second-order valence-electron chi connectivity index (χ2n) is 7.23. The first-order valence-electron chi connectivity index (χ1n) is 9.79. The Morgan fingerprint density at radius 2 is 1.94 bits per heavy atom. The van der Waals surface area contributed by atoms with Crippen LogP contribution >= 0.6 is 11.3 Å². The average molecular weight is 446 g/mol. The highest BCUT2D eigenvalue weighted by Crippen LogP contribution is 2.43. The third-order valence-electron chi connectivity index (χ3n) is 5.43. The van der Waals surface area contributed by atoms with Crippen LogP contribution < -0.4 is 9.64 Å². The molecule has 0 spiro atoms. The van der Waals surface area contributed by atoms with Gasteiger partial charge in [-0.2, -0.15) is 0 Å². The Morgan fingerprint density at radius 1 is 1.16 bits per heavy atom. The second-order valence-corrected chi connectivity index (χ2v) is 8.10. The van der Waals surface area contributed by atoms with Gasteiger partial charge in [0.05, 0.1) is 24.4 Å². The van der Waals surface area contributed by atoms with Crippen LogP contribution in [0.2, 0.25) is 0 Å². The second kappa shape index (κ2) is 7.61. The zero-order valence-electron chi connectivity index (χ0n) is 17.2. The monoisotopic (exact) mass is 446 g/mol. The van der Waals surface area contributed by atoms with Crippen molar-refractivity contribution in [2.24, 2.45) is 0 Å². The number of aliphatic hydroxyl groups excluding tert-OH is 1. The number of rotatable bonds is 4. The summed E-state index contributed by atoms with van der Waals surface area (Å²) < 4.78 is 6.94. The van der Waals surface area contributed by atoms with Crippen molar-refractivity contribution in [3.8, 4) is 5.75 Å². The van der Waals surface area contributed by atoms with Crippen LogP contribution in [0, 0.1) is 6.92 Å².